The fraction of sp³-hybridized carbons (Fsp3) is 0.182. The van der Waals surface area contributed by atoms with E-state index in [1.54, 1.807) is 6.08 Å². The number of aliphatic imine (C=N–C) groups is 1. The van der Waals surface area contributed by atoms with Crippen LogP contribution >= 0.6 is 11.6 Å². The highest BCUT2D eigenvalue weighted by Crippen LogP contribution is 2.11. The zero-order chi connectivity index (χ0) is 9.68. The van der Waals surface area contributed by atoms with E-state index in [4.69, 9.17) is 11.6 Å². The van der Waals surface area contributed by atoms with Crippen molar-refractivity contribution in [2.75, 3.05) is 6.54 Å². The van der Waals surface area contributed by atoms with Crippen LogP contribution in [0.25, 0.3) is 0 Å². The normalized spacial score (nSPS) is 11.4. The molecule has 68 valence electrons. The van der Waals surface area contributed by atoms with Gasteiger partial charge in [0, 0.05) is 10.7 Å². The van der Waals surface area contributed by atoms with Gasteiger partial charge in [-0.15, -0.1) is 6.58 Å². The lowest BCUT2D eigenvalue weighted by atomic mass is 10.1. The molecule has 2 heteroatoms. The average Bonchev–Trinajstić information content (AvgIpc) is 2.14. The Labute approximate surface area is 83.8 Å². The van der Waals surface area contributed by atoms with Crippen LogP contribution < -0.4 is 0 Å². The molecule has 0 unspecified atom stereocenters. The molecule has 1 nitrogen and oxygen atoms in total. The number of nitrogens with zero attached hydrogens (tertiary/aromatic N) is 1. The Balaban J connectivity index is 2.88. The second-order valence-electron chi connectivity index (χ2n) is 2.73. The van der Waals surface area contributed by atoms with E-state index < -0.39 is 0 Å². The van der Waals surface area contributed by atoms with Gasteiger partial charge in [0.05, 0.1) is 6.54 Å². The maximum absolute atomic E-state index is 5.85. The average molecular weight is 194 g/mol. The second kappa shape index (κ2) is 4.83. The Kier molecular flexibility index (Phi) is 3.71. The highest BCUT2D eigenvalue weighted by molar-refractivity contribution is 6.31. The molecule has 0 N–H and O–H groups in total. The third-order valence-electron chi connectivity index (χ3n) is 1.70. The minimum atomic E-state index is 0.651. The molecule has 0 atom stereocenters. The van der Waals surface area contributed by atoms with Gasteiger partial charge in [0.15, 0.2) is 0 Å². The minimum Gasteiger partial charge on any atom is -0.285 e. The number of benzene rings is 1. The lowest BCUT2D eigenvalue weighted by Crippen LogP contribution is -1.94. The van der Waals surface area contributed by atoms with E-state index in [1.165, 1.54) is 0 Å². The molecule has 0 aromatic heterocycles. The molecule has 0 aliphatic carbocycles. The van der Waals surface area contributed by atoms with E-state index in [1.807, 2.05) is 31.2 Å². The first kappa shape index (κ1) is 10.0. The zero-order valence-corrected chi connectivity index (χ0v) is 8.38. The first-order valence-electron chi connectivity index (χ1n) is 4.12. The lowest BCUT2D eigenvalue weighted by molar-refractivity contribution is 1.24. The zero-order valence-electron chi connectivity index (χ0n) is 7.63. The maximum Gasteiger partial charge on any atom is 0.0571 e. The summed E-state index contributed by atoms with van der Waals surface area (Å²) in [7, 11) is 0. The van der Waals surface area contributed by atoms with Crippen molar-refractivity contribution in [1.82, 2.24) is 0 Å². The number of halogens is 1. The number of hydrogen-bond donors (Lipinski definition) is 0. The summed E-state index contributed by atoms with van der Waals surface area (Å²) in [6.07, 6.45) is 1.77. The van der Waals surface area contributed by atoms with Gasteiger partial charge >= 0.3 is 0 Å². The van der Waals surface area contributed by atoms with E-state index >= 15 is 0 Å². The molecular formula is C11H12ClN. The van der Waals surface area contributed by atoms with Gasteiger partial charge < -0.3 is 0 Å². The Morgan fingerprint density at radius 3 is 3.00 bits per heavy atom. The summed E-state index contributed by atoms with van der Waals surface area (Å²) in [6.45, 7) is 6.23. The van der Waals surface area contributed by atoms with Crippen molar-refractivity contribution in [3.8, 4) is 0 Å². The molecule has 0 heterocycles. The summed E-state index contributed by atoms with van der Waals surface area (Å²) in [6, 6.07) is 7.67. The Hall–Kier alpha value is -1.08. The molecule has 0 bridgehead atoms. The monoisotopic (exact) mass is 193 g/mol. The van der Waals surface area contributed by atoms with Crippen molar-refractivity contribution < 1.29 is 0 Å². The van der Waals surface area contributed by atoms with E-state index in [0.29, 0.717) is 6.54 Å². The van der Waals surface area contributed by atoms with Crippen LogP contribution in [0, 0.1) is 0 Å². The van der Waals surface area contributed by atoms with Crippen LogP contribution in [0.3, 0.4) is 0 Å². The molecule has 0 aliphatic rings. The topological polar surface area (TPSA) is 12.4 Å². The number of hydrogen-bond acceptors (Lipinski definition) is 1. The Bertz CT molecular complexity index is 329. The van der Waals surface area contributed by atoms with Crippen molar-refractivity contribution in [2.24, 2.45) is 4.99 Å². The van der Waals surface area contributed by atoms with Gasteiger partial charge in [0.25, 0.3) is 0 Å². The molecule has 1 aromatic carbocycles. The molecule has 0 saturated heterocycles. The highest BCUT2D eigenvalue weighted by Gasteiger charge is 1.96. The summed E-state index contributed by atoms with van der Waals surface area (Å²) in [5.74, 6) is 0. The van der Waals surface area contributed by atoms with Gasteiger partial charge in [-0.25, -0.2) is 0 Å². The summed E-state index contributed by atoms with van der Waals surface area (Å²) >= 11 is 5.85. The molecule has 1 aromatic rings. The molecule has 1 rings (SSSR count). The molecule has 0 spiro atoms. The standard InChI is InChI=1S/C11H12ClN/c1-3-7-13-9(2)10-5-4-6-11(12)8-10/h3-6,8H,1,7H2,2H3. The second-order valence-corrected chi connectivity index (χ2v) is 3.16. The fourth-order valence-electron chi connectivity index (χ4n) is 1.01. The summed E-state index contributed by atoms with van der Waals surface area (Å²) in [5.41, 5.74) is 2.05. The first-order valence-corrected chi connectivity index (χ1v) is 4.49. The predicted molar refractivity (Wildman–Crippen MR) is 58.7 cm³/mol. The lowest BCUT2D eigenvalue weighted by Gasteiger charge is -1.99. The van der Waals surface area contributed by atoms with Crippen molar-refractivity contribution in [2.45, 2.75) is 6.92 Å². The minimum absolute atomic E-state index is 0.651. The molecule has 0 saturated carbocycles. The van der Waals surface area contributed by atoms with Crippen LogP contribution in [0.2, 0.25) is 5.02 Å². The van der Waals surface area contributed by atoms with Gasteiger partial charge in [0.2, 0.25) is 0 Å². The molecule has 13 heavy (non-hydrogen) atoms. The quantitative estimate of drug-likeness (QED) is 0.516. The largest absolute Gasteiger partial charge is 0.285 e. The molecule has 0 amide bonds. The van der Waals surface area contributed by atoms with E-state index in [9.17, 15) is 0 Å². The summed E-state index contributed by atoms with van der Waals surface area (Å²) < 4.78 is 0. The van der Waals surface area contributed by atoms with Crippen molar-refractivity contribution in [3.05, 3.63) is 47.5 Å². The van der Waals surface area contributed by atoms with E-state index in [-0.39, 0.29) is 0 Å². The fourth-order valence-corrected chi connectivity index (χ4v) is 1.20. The van der Waals surface area contributed by atoms with Crippen LogP contribution in [0.15, 0.2) is 41.9 Å². The smallest absolute Gasteiger partial charge is 0.0571 e. The SMILES string of the molecule is C=CCN=C(C)c1cccc(Cl)c1. The van der Waals surface area contributed by atoms with E-state index in [0.717, 1.165) is 16.3 Å². The van der Waals surface area contributed by atoms with Gasteiger partial charge in [-0.3, -0.25) is 4.99 Å². The maximum atomic E-state index is 5.85. The third kappa shape index (κ3) is 3.03. The van der Waals surface area contributed by atoms with Crippen LogP contribution in [-0.2, 0) is 0 Å². The third-order valence-corrected chi connectivity index (χ3v) is 1.94. The Morgan fingerprint density at radius 2 is 2.38 bits per heavy atom. The van der Waals surface area contributed by atoms with Crippen molar-refractivity contribution >= 4 is 17.3 Å². The highest BCUT2D eigenvalue weighted by atomic mass is 35.5. The van der Waals surface area contributed by atoms with Crippen molar-refractivity contribution in [1.29, 1.82) is 0 Å². The first-order chi connectivity index (χ1) is 6.24. The van der Waals surface area contributed by atoms with Gasteiger partial charge in [-0.2, -0.15) is 0 Å². The predicted octanol–water partition coefficient (Wildman–Crippen LogP) is 3.34. The molecule has 0 aliphatic heterocycles. The molecule has 0 radical (unpaired) electrons. The van der Waals surface area contributed by atoms with E-state index in [2.05, 4.69) is 11.6 Å². The van der Waals surface area contributed by atoms with Gasteiger partial charge in [0.1, 0.15) is 0 Å². The number of rotatable bonds is 3. The van der Waals surface area contributed by atoms with Crippen LogP contribution in [-0.4, -0.2) is 12.3 Å². The van der Waals surface area contributed by atoms with Crippen LogP contribution in [0.1, 0.15) is 12.5 Å². The van der Waals surface area contributed by atoms with Crippen LogP contribution in [0.5, 0.6) is 0 Å². The molecular weight excluding hydrogens is 182 g/mol. The van der Waals surface area contributed by atoms with Gasteiger partial charge in [-0.05, 0) is 24.6 Å². The summed E-state index contributed by atoms with van der Waals surface area (Å²) in [5, 5.41) is 0.741. The molecule has 0 fully saturated rings. The van der Waals surface area contributed by atoms with Gasteiger partial charge in [-0.1, -0.05) is 29.8 Å². The summed E-state index contributed by atoms with van der Waals surface area (Å²) in [4.78, 5) is 4.29. The Morgan fingerprint density at radius 1 is 1.62 bits per heavy atom. The van der Waals surface area contributed by atoms with Crippen LogP contribution in [0.4, 0.5) is 0 Å². The van der Waals surface area contributed by atoms with Crippen molar-refractivity contribution in [3.63, 3.8) is 0 Å².